The Balaban J connectivity index is 2.45. The van der Waals surface area contributed by atoms with E-state index in [0.29, 0.717) is 6.61 Å². The average Bonchev–Trinajstić information content (AvgIpc) is 2.47. The van der Waals surface area contributed by atoms with Crippen LogP contribution in [0.5, 0.6) is 0 Å². The van der Waals surface area contributed by atoms with Crippen LogP contribution >= 0.6 is 0 Å². The van der Waals surface area contributed by atoms with Crippen LogP contribution in [-0.4, -0.2) is 23.4 Å². The first-order valence-corrected chi connectivity index (χ1v) is 2.63. The van der Waals surface area contributed by atoms with Crippen LogP contribution in [0.1, 0.15) is 6.92 Å². The second-order valence-corrected chi connectivity index (χ2v) is 2.28. The second kappa shape index (κ2) is 1.57. The van der Waals surface area contributed by atoms with Gasteiger partial charge in [0.05, 0.1) is 6.61 Å². The fourth-order valence-corrected chi connectivity index (χ4v) is 0.534. The zero-order valence-electron chi connectivity index (χ0n) is 4.92. The van der Waals surface area contributed by atoms with Gasteiger partial charge in [-0.15, -0.1) is 6.58 Å². The summed E-state index contributed by atoms with van der Waals surface area (Å²) in [6, 6.07) is 0. The maximum absolute atomic E-state index is 9.01. The van der Waals surface area contributed by atoms with Crippen molar-refractivity contribution in [1.29, 1.82) is 0 Å². The van der Waals surface area contributed by atoms with E-state index in [4.69, 9.17) is 9.84 Å². The molecule has 8 heavy (non-hydrogen) atoms. The molecular formula is C6H10O2. The number of aliphatic hydroxyl groups is 1. The summed E-state index contributed by atoms with van der Waals surface area (Å²) in [7, 11) is 0. The van der Waals surface area contributed by atoms with Crippen LogP contribution in [0.2, 0.25) is 0 Å². The fraction of sp³-hybridized carbons (Fsp3) is 0.667. The average molecular weight is 114 g/mol. The Morgan fingerprint density at radius 1 is 2.00 bits per heavy atom. The third-order valence-corrected chi connectivity index (χ3v) is 1.45. The number of aliphatic hydroxyl groups excluding tert-OH is 1. The molecular weight excluding hydrogens is 104 g/mol. The van der Waals surface area contributed by atoms with Crippen molar-refractivity contribution in [3.63, 3.8) is 0 Å². The second-order valence-electron chi connectivity index (χ2n) is 2.28. The lowest BCUT2D eigenvalue weighted by atomic mass is 10.1. The standard InChI is InChI=1S/C6H10O2/c1-3-5(7)6(2)4-8-6/h3,5,7H,1,4H2,2H3. The van der Waals surface area contributed by atoms with Gasteiger partial charge in [-0.05, 0) is 6.92 Å². The number of hydrogen-bond donors (Lipinski definition) is 1. The molecule has 0 aromatic rings. The van der Waals surface area contributed by atoms with Crippen molar-refractivity contribution in [3.8, 4) is 0 Å². The van der Waals surface area contributed by atoms with Crippen molar-refractivity contribution in [3.05, 3.63) is 12.7 Å². The van der Waals surface area contributed by atoms with E-state index in [2.05, 4.69) is 6.58 Å². The van der Waals surface area contributed by atoms with E-state index in [9.17, 15) is 0 Å². The predicted molar refractivity (Wildman–Crippen MR) is 30.6 cm³/mol. The monoisotopic (exact) mass is 114 g/mol. The van der Waals surface area contributed by atoms with E-state index in [0.717, 1.165) is 0 Å². The molecule has 0 spiro atoms. The SMILES string of the molecule is C=CC(O)C1(C)CO1. The lowest BCUT2D eigenvalue weighted by molar-refractivity contribution is 0.124. The normalized spacial score (nSPS) is 38.8. The highest BCUT2D eigenvalue weighted by Gasteiger charge is 2.44. The molecule has 0 bridgehead atoms. The number of ether oxygens (including phenoxy) is 1. The summed E-state index contributed by atoms with van der Waals surface area (Å²) in [5.41, 5.74) is -0.304. The molecule has 2 unspecified atom stereocenters. The van der Waals surface area contributed by atoms with Gasteiger partial charge >= 0.3 is 0 Å². The molecule has 0 aliphatic carbocycles. The van der Waals surface area contributed by atoms with Crippen molar-refractivity contribution in [1.82, 2.24) is 0 Å². The van der Waals surface area contributed by atoms with Gasteiger partial charge in [0.15, 0.2) is 0 Å². The molecule has 1 rings (SSSR count). The molecule has 1 aliphatic heterocycles. The van der Waals surface area contributed by atoms with Crippen molar-refractivity contribution in [2.45, 2.75) is 18.6 Å². The molecule has 0 amide bonds. The summed E-state index contributed by atoms with van der Waals surface area (Å²) in [5, 5.41) is 9.01. The molecule has 1 fully saturated rings. The van der Waals surface area contributed by atoms with Crippen LogP contribution < -0.4 is 0 Å². The third-order valence-electron chi connectivity index (χ3n) is 1.45. The molecule has 1 heterocycles. The van der Waals surface area contributed by atoms with Crippen LogP contribution in [0.15, 0.2) is 12.7 Å². The minimum absolute atomic E-state index is 0.304. The molecule has 2 atom stereocenters. The highest BCUT2D eigenvalue weighted by atomic mass is 16.6. The van der Waals surface area contributed by atoms with Crippen molar-refractivity contribution in [2.75, 3.05) is 6.61 Å². The Morgan fingerprint density at radius 3 is 2.62 bits per heavy atom. The molecule has 0 saturated carbocycles. The highest BCUT2D eigenvalue weighted by molar-refractivity contribution is 5.02. The van der Waals surface area contributed by atoms with Crippen molar-refractivity contribution < 1.29 is 9.84 Å². The number of hydrogen-bond acceptors (Lipinski definition) is 2. The predicted octanol–water partition coefficient (Wildman–Crippen LogP) is 0.322. The van der Waals surface area contributed by atoms with Gasteiger partial charge < -0.3 is 9.84 Å². The summed E-state index contributed by atoms with van der Waals surface area (Å²) in [4.78, 5) is 0. The van der Waals surface area contributed by atoms with Crippen LogP contribution in [0.4, 0.5) is 0 Å². The van der Waals surface area contributed by atoms with Gasteiger partial charge in [0.1, 0.15) is 11.7 Å². The number of epoxide rings is 1. The zero-order chi connectivity index (χ0) is 6.20. The summed E-state index contributed by atoms with van der Waals surface area (Å²) in [6.45, 7) is 5.95. The Labute approximate surface area is 48.8 Å². The molecule has 2 nitrogen and oxygen atoms in total. The van der Waals surface area contributed by atoms with E-state index in [1.807, 2.05) is 6.92 Å². The van der Waals surface area contributed by atoms with Crippen LogP contribution in [0.3, 0.4) is 0 Å². The number of rotatable bonds is 2. The smallest absolute Gasteiger partial charge is 0.118 e. The van der Waals surface area contributed by atoms with Gasteiger partial charge in [-0.2, -0.15) is 0 Å². The maximum Gasteiger partial charge on any atom is 0.118 e. The lowest BCUT2D eigenvalue weighted by Gasteiger charge is -2.07. The van der Waals surface area contributed by atoms with Gasteiger partial charge in [-0.25, -0.2) is 0 Å². The molecule has 46 valence electrons. The molecule has 0 radical (unpaired) electrons. The van der Waals surface area contributed by atoms with Crippen molar-refractivity contribution in [2.24, 2.45) is 0 Å². The molecule has 1 N–H and O–H groups in total. The molecule has 2 heteroatoms. The third kappa shape index (κ3) is 0.767. The first kappa shape index (κ1) is 5.79. The minimum atomic E-state index is -0.498. The summed E-state index contributed by atoms with van der Waals surface area (Å²) >= 11 is 0. The van der Waals surface area contributed by atoms with Crippen LogP contribution in [0, 0.1) is 0 Å². The zero-order valence-corrected chi connectivity index (χ0v) is 4.92. The van der Waals surface area contributed by atoms with Crippen LogP contribution in [-0.2, 0) is 4.74 Å². The van der Waals surface area contributed by atoms with E-state index < -0.39 is 6.10 Å². The molecule has 1 aliphatic rings. The van der Waals surface area contributed by atoms with Crippen molar-refractivity contribution >= 4 is 0 Å². The van der Waals surface area contributed by atoms with E-state index in [1.54, 1.807) is 0 Å². The first-order valence-electron chi connectivity index (χ1n) is 2.63. The lowest BCUT2D eigenvalue weighted by Crippen LogP contribution is -2.23. The maximum atomic E-state index is 9.01. The van der Waals surface area contributed by atoms with Gasteiger partial charge in [0.25, 0.3) is 0 Å². The highest BCUT2D eigenvalue weighted by Crippen LogP contribution is 2.30. The van der Waals surface area contributed by atoms with E-state index in [1.165, 1.54) is 6.08 Å². The van der Waals surface area contributed by atoms with Gasteiger partial charge in [-0.3, -0.25) is 0 Å². The topological polar surface area (TPSA) is 32.8 Å². The molecule has 0 aromatic carbocycles. The summed E-state index contributed by atoms with van der Waals surface area (Å²) in [6.07, 6.45) is 0.995. The Hall–Kier alpha value is -0.340. The molecule has 1 saturated heterocycles. The Kier molecular flexibility index (Phi) is 1.14. The van der Waals surface area contributed by atoms with Gasteiger partial charge in [-0.1, -0.05) is 6.08 Å². The van der Waals surface area contributed by atoms with E-state index >= 15 is 0 Å². The minimum Gasteiger partial charge on any atom is -0.386 e. The van der Waals surface area contributed by atoms with Gasteiger partial charge in [0, 0.05) is 0 Å². The summed E-state index contributed by atoms with van der Waals surface area (Å²) < 4.78 is 4.93. The van der Waals surface area contributed by atoms with Gasteiger partial charge in [0.2, 0.25) is 0 Å². The Bertz CT molecular complexity index is 105. The first-order chi connectivity index (χ1) is 3.69. The fourth-order valence-electron chi connectivity index (χ4n) is 0.534. The quantitative estimate of drug-likeness (QED) is 0.414. The summed E-state index contributed by atoms with van der Waals surface area (Å²) in [5.74, 6) is 0. The Morgan fingerprint density at radius 2 is 2.50 bits per heavy atom. The van der Waals surface area contributed by atoms with E-state index in [-0.39, 0.29) is 5.60 Å². The van der Waals surface area contributed by atoms with Crippen LogP contribution in [0.25, 0.3) is 0 Å². The largest absolute Gasteiger partial charge is 0.386 e. The molecule has 0 aromatic heterocycles.